The highest BCUT2D eigenvalue weighted by Gasteiger charge is 2.31. The smallest absolute Gasteiger partial charge is 0.256 e. The molecular formula is C21H22ClN5O2. The first-order valence-electron chi connectivity index (χ1n) is 9.63. The van der Waals surface area contributed by atoms with E-state index < -0.39 is 0 Å². The Morgan fingerprint density at radius 3 is 2.72 bits per heavy atom. The summed E-state index contributed by atoms with van der Waals surface area (Å²) in [5.74, 6) is 0.775. The fourth-order valence-corrected chi connectivity index (χ4v) is 3.79. The van der Waals surface area contributed by atoms with Crippen LogP contribution in [0.1, 0.15) is 30.1 Å². The normalized spacial score (nSPS) is 19.2. The van der Waals surface area contributed by atoms with Gasteiger partial charge in [-0.15, -0.1) is 0 Å². The number of likely N-dealkylation sites (tertiary alicyclic amines) is 1. The number of carbonyl (C=O) groups is 1. The predicted octanol–water partition coefficient (Wildman–Crippen LogP) is 3.64. The minimum atomic E-state index is -0.0190. The van der Waals surface area contributed by atoms with Crippen molar-refractivity contribution >= 4 is 17.5 Å². The first-order chi connectivity index (χ1) is 14.1. The average molecular weight is 412 g/mol. The summed E-state index contributed by atoms with van der Waals surface area (Å²) in [6.45, 7) is 3.20. The number of aromatic nitrogens is 4. The fraction of sp³-hybridized carbons (Fsp3) is 0.333. The zero-order valence-electron chi connectivity index (χ0n) is 16.1. The van der Waals surface area contributed by atoms with E-state index in [0.717, 1.165) is 12.8 Å². The van der Waals surface area contributed by atoms with Gasteiger partial charge >= 0.3 is 0 Å². The van der Waals surface area contributed by atoms with E-state index in [2.05, 4.69) is 22.1 Å². The van der Waals surface area contributed by atoms with Crippen molar-refractivity contribution in [3.8, 4) is 11.4 Å². The Morgan fingerprint density at radius 1 is 1.14 bits per heavy atom. The topological polar surface area (TPSA) is 73.1 Å². The zero-order chi connectivity index (χ0) is 20.2. The average Bonchev–Trinajstić information content (AvgIpc) is 3.28. The number of amides is 1. The molecule has 4 rings (SSSR count). The van der Waals surface area contributed by atoms with Crippen LogP contribution in [0.15, 0.2) is 55.0 Å². The lowest BCUT2D eigenvalue weighted by Crippen LogP contribution is -2.47. The number of hydrogen-bond donors (Lipinski definition) is 0. The number of pyridine rings is 1. The number of hydrogen-bond acceptors (Lipinski definition) is 5. The second kappa shape index (κ2) is 8.61. The minimum Gasteiger partial charge on any atom is -0.490 e. The number of halogens is 1. The molecule has 0 radical (unpaired) electrons. The van der Waals surface area contributed by atoms with Gasteiger partial charge in [0.25, 0.3) is 5.91 Å². The predicted molar refractivity (Wildman–Crippen MR) is 109 cm³/mol. The van der Waals surface area contributed by atoms with Gasteiger partial charge in [0.15, 0.2) is 10.9 Å². The van der Waals surface area contributed by atoms with E-state index in [1.165, 1.54) is 4.80 Å². The Labute approximate surface area is 174 Å². The monoisotopic (exact) mass is 411 g/mol. The van der Waals surface area contributed by atoms with E-state index in [1.807, 2.05) is 29.2 Å². The lowest BCUT2D eigenvalue weighted by molar-refractivity contribution is 0.0505. The van der Waals surface area contributed by atoms with Crippen molar-refractivity contribution in [3.05, 3.63) is 65.7 Å². The highest BCUT2D eigenvalue weighted by atomic mass is 35.5. The molecule has 0 aliphatic carbocycles. The molecule has 1 aliphatic heterocycles. The Bertz CT molecular complexity index is 979. The second-order valence-corrected chi connectivity index (χ2v) is 7.55. The number of rotatable bonds is 5. The number of piperidine rings is 1. The molecule has 1 saturated heterocycles. The molecule has 150 valence electrons. The summed E-state index contributed by atoms with van der Waals surface area (Å²) in [5, 5.41) is 8.70. The molecule has 7 nitrogen and oxygen atoms in total. The van der Waals surface area contributed by atoms with Crippen LogP contribution < -0.4 is 4.74 Å². The molecular weight excluding hydrogens is 390 g/mol. The maximum absolute atomic E-state index is 13.4. The van der Waals surface area contributed by atoms with Crippen molar-refractivity contribution in [2.45, 2.75) is 25.8 Å². The first-order valence-corrected chi connectivity index (χ1v) is 10.0. The van der Waals surface area contributed by atoms with Crippen LogP contribution in [0.3, 0.4) is 0 Å². The summed E-state index contributed by atoms with van der Waals surface area (Å²) in [6, 6.07) is 11.2. The van der Waals surface area contributed by atoms with Crippen LogP contribution in [0.25, 0.3) is 5.69 Å². The van der Waals surface area contributed by atoms with Gasteiger partial charge in [-0.2, -0.15) is 15.0 Å². The highest BCUT2D eigenvalue weighted by molar-refractivity contribution is 6.30. The molecule has 0 N–H and O–H groups in total. The highest BCUT2D eigenvalue weighted by Crippen LogP contribution is 2.27. The SMILES string of the molecule is C[C@@H]1CC[C@@H](COc2cccnc2Cl)CN1C(=O)c1ccccc1-n1nccn1. The molecule has 0 spiro atoms. The van der Waals surface area contributed by atoms with Crippen LogP contribution in [0.2, 0.25) is 5.15 Å². The van der Waals surface area contributed by atoms with Crippen LogP contribution >= 0.6 is 11.6 Å². The van der Waals surface area contributed by atoms with Crippen molar-refractivity contribution in [2.75, 3.05) is 13.2 Å². The number of carbonyl (C=O) groups excluding carboxylic acids is 1. The zero-order valence-corrected chi connectivity index (χ0v) is 16.9. The number of benzene rings is 1. The molecule has 29 heavy (non-hydrogen) atoms. The standard InChI is InChI=1S/C21H22ClN5O2/c1-15-8-9-16(14-29-19-7-4-10-23-20(19)22)13-26(15)21(28)17-5-2-3-6-18(17)27-24-11-12-25-27/h2-7,10-12,15-16H,8-9,13-14H2,1H3/t15-,16-/m1/s1. The third kappa shape index (κ3) is 4.24. The van der Waals surface area contributed by atoms with Gasteiger partial charge in [0.2, 0.25) is 0 Å². The van der Waals surface area contributed by atoms with E-state index >= 15 is 0 Å². The van der Waals surface area contributed by atoms with Crippen molar-refractivity contribution in [1.29, 1.82) is 0 Å². The number of nitrogens with zero attached hydrogens (tertiary/aromatic N) is 5. The maximum Gasteiger partial charge on any atom is 0.256 e. The van der Waals surface area contributed by atoms with Crippen LogP contribution in [-0.4, -0.2) is 50.0 Å². The molecule has 3 heterocycles. The Hall–Kier alpha value is -2.93. The molecule has 8 heteroatoms. The minimum absolute atomic E-state index is 0.0190. The summed E-state index contributed by atoms with van der Waals surface area (Å²) < 4.78 is 5.87. The largest absolute Gasteiger partial charge is 0.490 e. The van der Waals surface area contributed by atoms with Crippen molar-refractivity contribution < 1.29 is 9.53 Å². The van der Waals surface area contributed by atoms with Crippen molar-refractivity contribution in [3.63, 3.8) is 0 Å². The number of ether oxygens (including phenoxy) is 1. The summed E-state index contributed by atoms with van der Waals surface area (Å²) >= 11 is 6.08. The van der Waals surface area contributed by atoms with Crippen LogP contribution in [0, 0.1) is 5.92 Å². The number of para-hydroxylation sites is 1. The third-order valence-corrected chi connectivity index (χ3v) is 5.49. The van der Waals surface area contributed by atoms with Gasteiger partial charge in [-0.25, -0.2) is 4.98 Å². The van der Waals surface area contributed by atoms with Gasteiger partial charge in [-0.1, -0.05) is 23.7 Å². The summed E-state index contributed by atoms with van der Waals surface area (Å²) in [5.41, 5.74) is 1.27. The van der Waals surface area contributed by atoms with Gasteiger partial charge in [-0.05, 0) is 44.0 Å². The molecule has 2 atom stereocenters. The summed E-state index contributed by atoms with van der Waals surface area (Å²) in [6.07, 6.45) is 6.74. The molecule has 0 unspecified atom stereocenters. The van der Waals surface area contributed by atoms with E-state index in [0.29, 0.717) is 35.3 Å². The Balaban J connectivity index is 1.49. The van der Waals surface area contributed by atoms with Gasteiger partial charge < -0.3 is 9.64 Å². The quantitative estimate of drug-likeness (QED) is 0.599. The molecule has 2 aromatic heterocycles. The molecule has 1 aromatic carbocycles. The molecule has 0 saturated carbocycles. The molecule has 1 aliphatic rings. The van der Waals surface area contributed by atoms with E-state index in [4.69, 9.17) is 16.3 Å². The molecule has 0 bridgehead atoms. The first kappa shape index (κ1) is 19.4. The summed E-state index contributed by atoms with van der Waals surface area (Å²) in [7, 11) is 0. The van der Waals surface area contributed by atoms with E-state index in [1.54, 1.807) is 30.7 Å². The van der Waals surface area contributed by atoms with Crippen LogP contribution in [0.5, 0.6) is 5.75 Å². The van der Waals surface area contributed by atoms with E-state index in [9.17, 15) is 4.79 Å². The molecule has 3 aromatic rings. The van der Waals surface area contributed by atoms with Gasteiger partial charge in [-0.3, -0.25) is 4.79 Å². The van der Waals surface area contributed by atoms with Crippen LogP contribution in [0.4, 0.5) is 0 Å². The lowest BCUT2D eigenvalue weighted by atomic mass is 9.93. The molecule has 1 fully saturated rings. The van der Waals surface area contributed by atoms with Crippen molar-refractivity contribution in [1.82, 2.24) is 24.9 Å². The lowest BCUT2D eigenvalue weighted by Gasteiger charge is -2.38. The Morgan fingerprint density at radius 2 is 1.93 bits per heavy atom. The maximum atomic E-state index is 13.4. The van der Waals surface area contributed by atoms with Crippen LogP contribution in [-0.2, 0) is 0 Å². The molecule has 1 amide bonds. The third-order valence-electron chi connectivity index (χ3n) is 5.21. The van der Waals surface area contributed by atoms with Gasteiger partial charge in [0.05, 0.1) is 30.3 Å². The fourth-order valence-electron chi connectivity index (χ4n) is 3.61. The summed E-state index contributed by atoms with van der Waals surface area (Å²) in [4.78, 5) is 20.8. The van der Waals surface area contributed by atoms with Gasteiger partial charge in [0.1, 0.15) is 0 Å². The Kier molecular flexibility index (Phi) is 5.76. The van der Waals surface area contributed by atoms with Crippen molar-refractivity contribution in [2.24, 2.45) is 5.92 Å². The van der Waals surface area contributed by atoms with E-state index in [-0.39, 0.29) is 17.9 Å². The second-order valence-electron chi connectivity index (χ2n) is 7.19. The van der Waals surface area contributed by atoms with Gasteiger partial charge in [0, 0.05) is 24.7 Å².